The molecule has 0 saturated carbocycles. The molecule has 0 spiro atoms. The number of rotatable bonds is 10. The van der Waals surface area contributed by atoms with E-state index in [1.54, 1.807) is 24.3 Å². The Labute approximate surface area is 183 Å². The number of aryl methyl sites for hydroxylation is 1. The van der Waals surface area contributed by atoms with Crippen molar-refractivity contribution in [2.45, 2.75) is 44.2 Å². The third-order valence-electron chi connectivity index (χ3n) is 4.91. The third kappa shape index (κ3) is 6.81. The fraction of sp³-hybridized carbons (Fsp3) is 0.364. The van der Waals surface area contributed by atoms with Crippen molar-refractivity contribution >= 4 is 29.8 Å². The smallest absolute Gasteiger partial charge is 0.252 e. The first kappa shape index (κ1) is 25.6. The standard InChI is InChI=1S/C22H30N4O3.ClH/c1-15-4-8-17(9-5-15)26-21(29)22(25,12-2-3-13-23)20(28)19(24)14-16-6-10-18(27)11-7-16;/h4-11,19,27H,2-3,12-14,23-25H2,1H3,(H,26,29);1H/t19-,22+;/m1./s1. The fourth-order valence-electron chi connectivity index (χ4n) is 3.09. The lowest BCUT2D eigenvalue weighted by Gasteiger charge is -2.29. The highest BCUT2D eigenvalue weighted by Crippen LogP contribution is 2.20. The molecule has 0 aliphatic carbocycles. The van der Waals surface area contributed by atoms with E-state index in [1.165, 1.54) is 12.1 Å². The van der Waals surface area contributed by atoms with Gasteiger partial charge < -0.3 is 27.6 Å². The zero-order chi connectivity index (χ0) is 21.4. The summed E-state index contributed by atoms with van der Waals surface area (Å²) >= 11 is 0. The topological polar surface area (TPSA) is 144 Å². The Morgan fingerprint density at radius 1 is 1.07 bits per heavy atom. The van der Waals surface area contributed by atoms with Crippen molar-refractivity contribution in [3.8, 4) is 5.75 Å². The number of anilines is 1. The molecule has 0 radical (unpaired) electrons. The summed E-state index contributed by atoms with van der Waals surface area (Å²) in [6.45, 7) is 2.39. The maximum absolute atomic E-state index is 13.1. The van der Waals surface area contributed by atoms with Gasteiger partial charge in [-0.1, -0.05) is 29.8 Å². The summed E-state index contributed by atoms with van der Waals surface area (Å²) in [5.41, 5.74) is 18.7. The number of ketones is 1. The van der Waals surface area contributed by atoms with E-state index < -0.39 is 23.3 Å². The maximum Gasteiger partial charge on any atom is 0.252 e. The highest BCUT2D eigenvalue weighted by Gasteiger charge is 2.43. The molecule has 0 saturated heterocycles. The maximum atomic E-state index is 13.1. The molecule has 0 aromatic heterocycles. The number of phenolic OH excluding ortho intramolecular Hbond substituents is 1. The molecular formula is C22H31ClN4O3. The first-order chi connectivity index (χ1) is 13.8. The van der Waals surface area contributed by atoms with Crippen LogP contribution >= 0.6 is 12.4 Å². The SMILES string of the molecule is Cc1ccc(NC(=O)[C@](N)(CCCCN)C(=O)[C@H](N)Cc2ccc(O)cc2)cc1.Cl. The van der Waals surface area contributed by atoms with Crippen LogP contribution in [0.15, 0.2) is 48.5 Å². The van der Waals surface area contributed by atoms with Gasteiger partial charge >= 0.3 is 0 Å². The minimum Gasteiger partial charge on any atom is -0.508 e. The largest absolute Gasteiger partial charge is 0.508 e. The van der Waals surface area contributed by atoms with Gasteiger partial charge in [-0.2, -0.15) is 0 Å². The third-order valence-corrected chi connectivity index (χ3v) is 4.91. The van der Waals surface area contributed by atoms with Crippen molar-refractivity contribution in [1.29, 1.82) is 0 Å². The van der Waals surface area contributed by atoms with Gasteiger partial charge in [-0.05, 0) is 69.0 Å². The van der Waals surface area contributed by atoms with E-state index in [-0.39, 0.29) is 31.0 Å². The number of Topliss-reactive ketones (excluding diaryl/α,β-unsaturated/α-hetero) is 1. The van der Waals surface area contributed by atoms with Crippen molar-refractivity contribution < 1.29 is 14.7 Å². The van der Waals surface area contributed by atoms with E-state index in [9.17, 15) is 14.7 Å². The highest BCUT2D eigenvalue weighted by molar-refractivity contribution is 6.16. The number of nitrogens with two attached hydrogens (primary N) is 3. The number of halogens is 1. The molecule has 8 heteroatoms. The van der Waals surface area contributed by atoms with Gasteiger partial charge in [0.1, 0.15) is 5.75 Å². The van der Waals surface area contributed by atoms with Crippen molar-refractivity contribution in [3.05, 3.63) is 59.7 Å². The van der Waals surface area contributed by atoms with Crippen molar-refractivity contribution in [2.75, 3.05) is 11.9 Å². The molecule has 0 aliphatic heterocycles. The predicted molar refractivity (Wildman–Crippen MR) is 122 cm³/mol. The Bertz CT molecular complexity index is 827. The van der Waals surface area contributed by atoms with Crippen molar-refractivity contribution in [3.63, 3.8) is 0 Å². The van der Waals surface area contributed by atoms with Crippen LogP contribution in [0.25, 0.3) is 0 Å². The summed E-state index contributed by atoms with van der Waals surface area (Å²) in [5.74, 6) is -0.974. The van der Waals surface area contributed by atoms with E-state index in [0.717, 1.165) is 11.1 Å². The van der Waals surface area contributed by atoms with Crippen molar-refractivity contribution in [2.24, 2.45) is 17.2 Å². The summed E-state index contributed by atoms with van der Waals surface area (Å²) in [7, 11) is 0. The zero-order valence-corrected chi connectivity index (χ0v) is 18.0. The number of unbranched alkanes of at least 4 members (excludes halogenated alkanes) is 1. The number of benzene rings is 2. The lowest BCUT2D eigenvalue weighted by atomic mass is 9.83. The van der Waals surface area contributed by atoms with E-state index in [1.807, 2.05) is 19.1 Å². The van der Waals surface area contributed by atoms with Gasteiger partial charge in [-0.15, -0.1) is 12.4 Å². The molecular weight excluding hydrogens is 404 g/mol. The lowest BCUT2D eigenvalue weighted by molar-refractivity contribution is -0.134. The van der Waals surface area contributed by atoms with E-state index in [0.29, 0.717) is 25.1 Å². The normalized spacial score (nSPS) is 13.6. The molecule has 2 rings (SSSR count). The van der Waals surface area contributed by atoms with Gasteiger partial charge in [0.2, 0.25) is 0 Å². The summed E-state index contributed by atoms with van der Waals surface area (Å²) < 4.78 is 0. The Kier molecular flexibility index (Phi) is 9.95. The van der Waals surface area contributed by atoms with Crippen LogP contribution < -0.4 is 22.5 Å². The molecule has 0 unspecified atom stereocenters. The minimum absolute atomic E-state index is 0. The fourth-order valence-corrected chi connectivity index (χ4v) is 3.09. The number of aromatic hydroxyl groups is 1. The van der Waals surface area contributed by atoms with Gasteiger partial charge in [0.05, 0.1) is 6.04 Å². The van der Waals surface area contributed by atoms with Crippen molar-refractivity contribution in [1.82, 2.24) is 0 Å². The summed E-state index contributed by atoms with van der Waals surface area (Å²) in [4.78, 5) is 26.1. The first-order valence-electron chi connectivity index (χ1n) is 9.71. The molecule has 2 aromatic rings. The quantitative estimate of drug-likeness (QED) is 0.286. The van der Waals surface area contributed by atoms with Crippen LogP contribution in [-0.4, -0.2) is 34.9 Å². The summed E-state index contributed by atoms with van der Waals surface area (Å²) in [5, 5.41) is 12.1. The van der Waals surface area contributed by atoms with Gasteiger partial charge in [-0.25, -0.2) is 0 Å². The molecule has 1 amide bonds. The minimum atomic E-state index is -1.75. The number of phenols is 1. The predicted octanol–water partition coefficient (Wildman–Crippen LogP) is 2.03. The molecule has 0 bridgehead atoms. The molecule has 8 N–H and O–H groups in total. The Morgan fingerprint density at radius 3 is 2.23 bits per heavy atom. The second-order valence-corrected chi connectivity index (χ2v) is 7.38. The van der Waals surface area contributed by atoms with Gasteiger partial charge in [0.25, 0.3) is 5.91 Å². The number of carbonyl (C=O) groups is 2. The van der Waals surface area contributed by atoms with Crippen LogP contribution in [0.3, 0.4) is 0 Å². The van der Waals surface area contributed by atoms with Crippen LogP contribution in [0.2, 0.25) is 0 Å². The highest BCUT2D eigenvalue weighted by atomic mass is 35.5. The molecule has 30 heavy (non-hydrogen) atoms. The van der Waals surface area contributed by atoms with Crippen LogP contribution in [0.1, 0.15) is 30.4 Å². The van der Waals surface area contributed by atoms with Gasteiger partial charge in [0.15, 0.2) is 11.3 Å². The monoisotopic (exact) mass is 434 g/mol. The number of nitrogens with one attached hydrogen (secondary N) is 1. The van der Waals surface area contributed by atoms with Crippen LogP contribution in [0, 0.1) is 6.92 Å². The van der Waals surface area contributed by atoms with Gasteiger partial charge in [-0.3, -0.25) is 9.59 Å². The molecule has 7 nitrogen and oxygen atoms in total. The van der Waals surface area contributed by atoms with E-state index >= 15 is 0 Å². The molecule has 0 heterocycles. The molecule has 2 atom stereocenters. The zero-order valence-electron chi connectivity index (χ0n) is 17.1. The first-order valence-corrected chi connectivity index (χ1v) is 9.71. The Balaban J connectivity index is 0.00000450. The number of hydrogen-bond acceptors (Lipinski definition) is 6. The number of carbonyl (C=O) groups excluding carboxylic acids is 2. The summed E-state index contributed by atoms with van der Waals surface area (Å²) in [6, 6.07) is 12.7. The van der Waals surface area contributed by atoms with E-state index in [4.69, 9.17) is 17.2 Å². The Hall–Kier alpha value is -2.45. The van der Waals surface area contributed by atoms with E-state index in [2.05, 4.69) is 5.32 Å². The van der Waals surface area contributed by atoms with Crippen LogP contribution in [0.5, 0.6) is 5.75 Å². The molecule has 164 valence electrons. The second kappa shape index (κ2) is 11.7. The van der Waals surface area contributed by atoms with Crippen LogP contribution in [0.4, 0.5) is 5.69 Å². The average Bonchev–Trinajstić information content (AvgIpc) is 2.70. The number of amides is 1. The lowest BCUT2D eigenvalue weighted by Crippen LogP contribution is -2.62. The number of hydrogen-bond donors (Lipinski definition) is 5. The molecule has 2 aromatic carbocycles. The van der Waals surface area contributed by atoms with Crippen LogP contribution in [-0.2, 0) is 16.0 Å². The molecule has 0 fully saturated rings. The Morgan fingerprint density at radius 2 is 1.67 bits per heavy atom. The van der Waals surface area contributed by atoms with Gasteiger partial charge in [0, 0.05) is 5.69 Å². The average molecular weight is 435 g/mol. The summed E-state index contributed by atoms with van der Waals surface area (Å²) in [6.07, 6.45) is 1.56. The second-order valence-electron chi connectivity index (χ2n) is 7.38. The molecule has 0 aliphatic rings.